The maximum Gasteiger partial charge on any atom is 0.333 e. The van der Waals surface area contributed by atoms with Crippen molar-refractivity contribution in [3.05, 3.63) is 44.2 Å². The molecule has 0 fully saturated rings. The molecule has 0 aliphatic heterocycles. The molecular weight excluding hydrogens is 260 g/mol. The molecule has 0 saturated heterocycles. The Labute approximate surface area is 116 Å². The Morgan fingerprint density at radius 2 is 2.25 bits per heavy atom. The first-order valence-corrected chi connectivity index (χ1v) is 6.71. The molecule has 0 unspecified atom stereocenters. The zero-order valence-corrected chi connectivity index (χ0v) is 11.6. The molecule has 1 N–H and O–H groups in total. The van der Waals surface area contributed by atoms with Crippen LogP contribution in [0.25, 0.3) is 0 Å². The third-order valence-electron chi connectivity index (χ3n) is 3.46. The van der Waals surface area contributed by atoms with Gasteiger partial charge in [0, 0.05) is 23.4 Å². The maximum atomic E-state index is 11.8. The van der Waals surface area contributed by atoms with Gasteiger partial charge in [-0.1, -0.05) is 6.08 Å². The minimum Gasteiger partial charge on any atom is -0.463 e. The van der Waals surface area contributed by atoms with E-state index >= 15 is 0 Å². The van der Waals surface area contributed by atoms with E-state index in [1.165, 1.54) is 4.57 Å². The van der Waals surface area contributed by atoms with Crippen molar-refractivity contribution >= 4 is 5.97 Å². The fraction of sp³-hybridized carbons (Fsp3) is 0.500. The molecule has 1 aliphatic rings. The van der Waals surface area contributed by atoms with Gasteiger partial charge in [-0.3, -0.25) is 14.3 Å². The Balaban J connectivity index is 2.19. The van der Waals surface area contributed by atoms with Crippen molar-refractivity contribution < 1.29 is 9.53 Å². The molecule has 108 valence electrons. The first-order chi connectivity index (χ1) is 9.52. The van der Waals surface area contributed by atoms with Crippen LogP contribution in [0.4, 0.5) is 0 Å². The summed E-state index contributed by atoms with van der Waals surface area (Å²) in [4.78, 5) is 37.0. The van der Waals surface area contributed by atoms with E-state index in [4.69, 9.17) is 4.74 Å². The lowest BCUT2D eigenvalue weighted by molar-refractivity contribution is -0.138. The lowest BCUT2D eigenvalue weighted by atomic mass is 9.95. The molecule has 20 heavy (non-hydrogen) atoms. The molecule has 1 atom stereocenters. The number of aromatic nitrogens is 2. The summed E-state index contributed by atoms with van der Waals surface area (Å²) in [6, 6.07) is -0.0313. The highest BCUT2D eigenvalue weighted by molar-refractivity contribution is 5.88. The quantitative estimate of drug-likeness (QED) is 0.838. The van der Waals surface area contributed by atoms with Gasteiger partial charge in [-0.05, 0) is 33.1 Å². The van der Waals surface area contributed by atoms with Gasteiger partial charge in [0.2, 0.25) is 0 Å². The van der Waals surface area contributed by atoms with Crippen LogP contribution >= 0.6 is 0 Å². The zero-order valence-electron chi connectivity index (χ0n) is 11.6. The van der Waals surface area contributed by atoms with E-state index in [0.29, 0.717) is 37.0 Å². The first-order valence-electron chi connectivity index (χ1n) is 6.71. The third kappa shape index (κ3) is 2.89. The predicted molar refractivity (Wildman–Crippen MR) is 73.7 cm³/mol. The van der Waals surface area contributed by atoms with Crippen molar-refractivity contribution in [2.45, 2.75) is 39.2 Å². The van der Waals surface area contributed by atoms with E-state index in [1.54, 1.807) is 20.0 Å². The average molecular weight is 278 g/mol. The molecule has 0 spiro atoms. The standard InChI is InChI=1S/C14H18N2O4/c1-3-20-13(18)10-4-6-11(7-5-10)16-8-9(2)12(17)15-14(16)19/h4,8,11H,3,5-7H2,1-2H3,(H,15,17,19)/t11-/m1/s1. The van der Waals surface area contributed by atoms with Crippen LogP contribution in [-0.2, 0) is 9.53 Å². The highest BCUT2D eigenvalue weighted by atomic mass is 16.5. The number of hydrogen-bond acceptors (Lipinski definition) is 4. The van der Waals surface area contributed by atoms with Crippen molar-refractivity contribution in [3.8, 4) is 0 Å². The smallest absolute Gasteiger partial charge is 0.333 e. The number of ether oxygens (including phenoxy) is 1. The molecule has 0 saturated carbocycles. The predicted octanol–water partition coefficient (Wildman–Crippen LogP) is 1.06. The summed E-state index contributed by atoms with van der Waals surface area (Å²) < 4.78 is 6.49. The van der Waals surface area contributed by atoms with Crippen LogP contribution in [0.15, 0.2) is 27.4 Å². The summed E-state index contributed by atoms with van der Waals surface area (Å²) in [6.45, 7) is 3.79. The van der Waals surface area contributed by atoms with Gasteiger partial charge in [-0.2, -0.15) is 0 Å². The second-order valence-corrected chi connectivity index (χ2v) is 4.86. The van der Waals surface area contributed by atoms with Crippen molar-refractivity contribution in [3.63, 3.8) is 0 Å². The van der Waals surface area contributed by atoms with E-state index in [9.17, 15) is 14.4 Å². The number of nitrogens with zero attached hydrogens (tertiary/aromatic N) is 1. The van der Waals surface area contributed by atoms with Crippen molar-refractivity contribution in [2.24, 2.45) is 0 Å². The molecule has 0 amide bonds. The van der Waals surface area contributed by atoms with Gasteiger partial charge in [0.25, 0.3) is 5.56 Å². The van der Waals surface area contributed by atoms with Gasteiger partial charge < -0.3 is 4.74 Å². The first kappa shape index (κ1) is 14.3. The largest absolute Gasteiger partial charge is 0.463 e. The van der Waals surface area contributed by atoms with Crippen molar-refractivity contribution in [1.29, 1.82) is 0 Å². The van der Waals surface area contributed by atoms with Crippen LogP contribution in [0.1, 0.15) is 37.8 Å². The molecule has 0 bridgehead atoms. The number of hydrogen-bond donors (Lipinski definition) is 1. The van der Waals surface area contributed by atoms with Crippen LogP contribution < -0.4 is 11.2 Å². The Kier molecular flexibility index (Phi) is 4.22. The number of aromatic amines is 1. The van der Waals surface area contributed by atoms with E-state index in [0.717, 1.165) is 0 Å². The second-order valence-electron chi connectivity index (χ2n) is 4.86. The number of carbonyl (C=O) groups is 1. The number of rotatable bonds is 3. The summed E-state index contributed by atoms with van der Waals surface area (Å²) in [6.07, 6.45) is 5.23. The minimum atomic E-state index is -0.404. The SMILES string of the molecule is CCOC(=O)C1=CC[C@@H](n2cc(C)c(=O)[nH]c2=O)CC1. The lowest BCUT2D eigenvalue weighted by Crippen LogP contribution is -2.34. The van der Waals surface area contributed by atoms with Crippen LogP contribution in [0.5, 0.6) is 0 Å². The van der Waals surface area contributed by atoms with Gasteiger partial charge in [0.05, 0.1) is 6.61 Å². The number of allylic oxidation sites excluding steroid dienone is 1. The van der Waals surface area contributed by atoms with Gasteiger partial charge in [0.15, 0.2) is 0 Å². The highest BCUT2D eigenvalue weighted by Crippen LogP contribution is 2.27. The molecule has 1 aliphatic carbocycles. The van der Waals surface area contributed by atoms with Crippen molar-refractivity contribution in [2.75, 3.05) is 6.61 Å². The fourth-order valence-corrected chi connectivity index (χ4v) is 2.34. The summed E-state index contributed by atoms with van der Waals surface area (Å²) >= 11 is 0. The van der Waals surface area contributed by atoms with Gasteiger partial charge in [-0.15, -0.1) is 0 Å². The average Bonchev–Trinajstić information content (AvgIpc) is 2.43. The molecule has 1 aromatic heterocycles. The molecule has 6 heteroatoms. The molecule has 0 radical (unpaired) electrons. The summed E-state index contributed by atoms with van der Waals surface area (Å²) in [5.41, 5.74) is 0.408. The van der Waals surface area contributed by atoms with E-state index < -0.39 is 5.69 Å². The third-order valence-corrected chi connectivity index (χ3v) is 3.46. The van der Waals surface area contributed by atoms with Gasteiger partial charge >= 0.3 is 11.7 Å². The minimum absolute atomic E-state index is 0.0313. The van der Waals surface area contributed by atoms with Gasteiger partial charge in [-0.25, -0.2) is 9.59 Å². The zero-order chi connectivity index (χ0) is 14.7. The molecular formula is C14H18N2O4. The highest BCUT2D eigenvalue weighted by Gasteiger charge is 2.21. The number of esters is 1. The fourth-order valence-electron chi connectivity index (χ4n) is 2.34. The summed E-state index contributed by atoms with van der Waals surface area (Å²) in [7, 11) is 0. The molecule has 1 heterocycles. The molecule has 1 aromatic rings. The topological polar surface area (TPSA) is 81.2 Å². The Morgan fingerprint density at radius 3 is 2.85 bits per heavy atom. The number of H-pyrrole nitrogens is 1. The molecule has 6 nitrogen and oxygen atoms in total. The second kappa shape index (κ2) is 5.90. The number of aryl methyl sites for hydroxylation is 1. The maximum absolute atomic E-state index is 11.8. The van der Waals surface area contributed by atoms with Crippen LogP contribution in [-0.4, -0.2) is 22.1 Å². The van der Waals surface area contributed by atoms with E-state index in [1.807, 2.05) is 6.08 Å². The Morgan fingerprint density at radius 1 is 1.50 bits per heavy atom. The Hall–Kier alpha value is -2.11. The Bertz CT molecular complexity index is 654. The number of nitrogens with one attached hydrogen (secondary N) is 1. The normalized spacial score (nSPS) is 18.5. The molecule has 2 rings (SSSR count). The lowest BCUT2D eigenvalue weighted by Gasteiger charge is -2.23. The van der Waals surface area contributed by atoms with E-state index in [2.05, 4.69) is 4.98 Å². The monoisotopic (exact) mass is 278 g/mol. The summed E-state index contributed by atoms with van der Waals surface area (Å²) in [5, 5.41) is 0. The number of carbonyl (C=O) groups excluding carboxylic acids is 1. The summed E-state index contributed by atoms with van der Waals surface area (Å²) in [5.74, 6) is -0.282. The van der Waals surface area contributed by atoms with Crippen molar-refractivity contribution in [1.82, 2.24) is 9.55 Å². The van der Waals surface area contributed by atoms with Crippen LogP contribution in [0.2, 0.25) is 0 Å². The van der Waals surface area contributed by atoms with E-state index in [-0.39, 0.29) is 17.6 Å². The van der Waals surface area contributed by atoms with Crippen LogP contribution in [0.3, 0.4) is 0 Å². The van der Waals surface area contributed by atoms with Crippen LogP contribution in [0, 0.1) is 6.92 Å². The molecule has 0 aromatic carbocycles. The van der Waals surface area contributed by atoms with Gasteiger partial charge in [0.1, 0.15) is 0 Å².